The van der Waals surface area contributed by atoms with Crippen LogP contribution in [0.1, 0.15) is 5.69 Å². The lowest BCUT2D eigenvalue weighted by Gasteiger charge is -2.02. The Bertz CT molecular complexity index is 626. The first-order chi connectivity index (χ1) is 7.86. The van der Waals surface area contributed by atoms with Gasteiger partial charge in [0.05, 0.1) is 0 Å². The van der Waals surface area contributed by atoms with Gasteiger partial charge in [-0.15, -0.1) is 10.2 Å². The smallest absolute Gasteiger partial charge is 0.168 e. The highest BCUT2D eigenvalue weighted by atomic mass is 15.2. The van der Waals surface area contributed by atoms with E-state index < -0.39 is 0 Å². The molecule has 78 valence electrons. The van der Waals surface area contributed by atoms with Crippen molar-refractivity contribution in [1.29, 1.82) is 0 Å². The van der Waals surface area contributed by atoms with Crippen molar-refractivity contribution in [3.8, 4) is 11.4 Å². The molecule has 16 heavy (non-hydrogen) atoms. The van der Waals surface area contributed by atoms with Crippen LogP contribution in [-0.2, 0) is 0 Å². The number of pyridine rings is 1. The van der Waals surface area contributed by atoms with Crippen molar-refractivity contribution in [3.63, 3.8) is 0 Å². The van der Waals surface area contributed by atoms with Crippen molar-refractivity contribution < 1.29 is 0 Å². The topological polar surface area (TPSA) is 30.2 Å². The highest BCUT2D eigenvalue weighted by Crippen LogP contribution is 2.19. The first kappa shape index (κ1) is 9.09. The van der Waals surface area contributed by atoms with Gasteiger partial charge in [-0.2, -0.15) is 0 Å². The zero-order chi connectivity index (χ0) is 11.0. The van der Waals surface area contributed by atoms with E-state index in [9.17, 15) is 0 Å². The first-order valence-corrected chi connectivity index (χ1v) is 5.22. The summed E-state index contributed by atoms with van der Waals surface area (Å²) in [5, 5.41) is 8.41. The SMILES string of the molecule is Cc1cccc2nnc(-c3ccccc3)n12. The second-order valence-electron chi connectivity index (χ2n) is 3.75. The van der Waals surface area contributed by atoms with Gasteiger partial charge in [0.2, 0.25) is 0 Å². The van der Waals surface area contributed by atoms with Crippen molar-refractivity contribution in [3.05, 3.63) is 54.2 Å². The third-order valence-corrected chi connectivity index (χ3v) is 2.66. The molecular weight excluding hydrogens is 198 g/mol. The standard InChI is InChI=1S/C13H11N3/c1-10-6-5-9-12-14-15-13(16(10)12)11-7-3-2-4-8-11/h2-9H,1H3. The lowest BCUT2D eigenvalue weighted by atomic mass is 10.2. The maximum absolute atomic E-state index is 4.24. The Labute approximate surface area is 93.4 Å². The molecule has 0 spiro atoms. The molecule has 0 aliphatic heterocycles. The second kappa shape index (κ2) is 3.45. The van der Waals surface area contributed by atoms with Crippen LogP contribution in [0.15, 0.2) is 48.5 Å². The number of aromatic nitrogens is 3. The van der Waals surface area contributed by atoms with Gasteiger partial charge in [-0.3, -0.25) is 4.40 Å². The number of rotatable bonds is 1. The molecule has 3 nitrogen and oxygen atoms in total. The average Bonchev–Trinajstić information content (AvgIpc) is 2.75. The molecule has 0 fully saturated rings. The molecule has 0 saturated carbocycles. The molecule has 3 aromatic rings. The summed E-state index contributed by atoms with van der Waals surface area (Å²) in [4.78, 5) is 0. The Morgan fingerprint density at radius 2 is 1.69 bits per heavy atom. The molecule has 0 aliphatic carbocycles. The summed E-state index contributed by atoms with van der Waals surface area (Å²) >= 11 is 0. The van der Waals surface area contributed by atoms with E-state index in [0.29, 0.717) is 0 Å². The first-order valence-electron chi connectivity index (χ1n) is 5.22. The number of aryl methyl sites for hydroxylation is 1. The number of nitrogens with zero attached hydrogens (tertiary/aromatic N) is 3. The fourth-order valence-corrected chi connectivity index (χ4v) is 1.87. The van der Waals surface area contributed by atoms with E-state index in [1.54, 1.807) is 0 Å². The predicted molar refractivity (Wildman–Crippen MR) is 63.2 cm³/mol. The lowest BCUT2D eigenvalue weighted by Crippen LogP contribution is -1.93. The van der Waals surface area contributed by atoms with Crippen molar-refractivity contribution in [2.45, 2.75) is 6.92 Å². The molecule has 0 aliphatic rings. The minimum absolute atomic E-state index is 0.888. The normalized spacial score (nSPS) is 10.8. The summed E-state index contributed by atoms with van der Waals surface area (Å²) in [6.07, 6.45) is 0. The Balaban J connectivity index is 2.33. The van der Waals surface area contributed by atoms with Crippen LogP contribution in [0.3, 0.4) is 0 Å². The van der Waals surface area contributed by atoms with Gasteiger partial charge in [-0.1, -0.05) is 36.4 Å². The molecule has 0 unspecified atom stereocenters. The van der Waals surface area contributed by atoms with E-state index in [1.165, 1.54) is 0 Å². The molecule has 0 atom stereocenters. The predicted octanol–water partition coefficient (Wildman–Crippen LogP) is 2.70. The monoisotopic (exact) mass is 209 g/mol. The fraction of sp³-hybridized carbons (Fsp3) is 0.0769. The molecule has 2 aromatic heterocycles. The summed E-state index contributed by atoms with van der Waals surface area (Å²) in [7, 11) is 0. The van der Waals surface area contributed by atoms with E-state index in [4.69, 9.17) is 0 Å². The molecule has 0 N–H and O–H groups in total. The zero-order valence-electron chi connectivity index (χ0n) is 8.96. The maximum Gasteiger partial charge on any atom is 0.168 e. The van der Waals surface area contributed by atoms with E-state index >= 15 is 0 Å². The van der Waals surface area contributed by atoms with Crippen LogP contribution in [0, 0.1) is 6.92 Å². The van der Waals surface area contributed by atoms with Crippen LogP contribution >= 0.6 is 0 Å². The Morgan fingerprint density at radius 1 is 0.875 bits per heavy atom. The van der Waals surface area contributed by atoms with E-state index in [2.05, 4.69) is 27.6 Å². The number of hydrogen-bond donors (Lipinski definition) is 0. The zero-order valence-corrected chi connectivity index (χ0v) is 8.96. The van der Waals surface area contributed by atoms with Gasteiger partial charge in [0, 0.05) is 11.3 Å². The van der Waals surface area contributed by atoms with Crippen molar-refractivity contribution >= 4 is 5.65 Å². The van der Waals surface area contributed by atoms with Crippen LogP contribution in [0.25, 0.3) is 17.0 Å². The third kappa shape index (κ3) is 1.29. The van der Waals surface area contributed by atoms with Crippen molar-refractivity contribution in [2.75, 3.05) is 0 Å². The summed E-state index contributed by atoms with van der Waals surface area (Å²) in [5.41, 5.74) is 3.12. The van der Waals surface area contributed by atoms with Gasteiger partial charge in [0.25, 0.3) is 0 Å². The molecule has 3 rings (SSSR count). The van der Waals surface area contributed by atoms with Crippen LogP contribution in [0.4, 0.5) is 0 Å². The van der Waals surface area contributed by atoms with E-state index in [-0.39, 0.29) is 0 Å². The minimum atomic E-state index is 0.888. The van der Waals surface area contributed by atoms with Crippen molar-refractivity contribution in [1.82, 2.24) is 14.6 Å². The number of hydrogen-bond acceptors (Lipinski definition) is 2. The summed E-state index contributed by atoms with van der Waals surface area (Å²) in [5.74, 6) is 0.897. The van der Waals surface area contributed by atoms with E-state index in [0.717, 1.165) is 22.7 Å². The molecule has 0 radical (unpaired) electrons. The number of fused-ring (bicyclic) bond motifs is 1. The van der Waals surface area contributed by atoms with Gasteiger partial charge >= 0.3 is 0 Å². The molecule has 0 amide bonds. The van der Waals surface area contributed by atoms with Crippen LogP contribution in [0.5, 0.6) is 0 Å². The fourth-order valence-electron chi connectivity index (χ4n) is 1.87. The largest absolute Gasteiger partial charge is 0.280 e. The van der Waals surface area contributed by atoms with Gasteiger partial charge < -0.3 is 0 Å². The van der Waals surface area contributed by atoms with Crippen LogP contribution in [-0.4, -0.2) is 14.6 Å². The van der Waals surface area contributed by atoms with Crippen LogP contribution < -0.4 is 0 Å². The van der Waals surface area contributed by atoms with Crippen molar-refractivity contribution in [2.24, 2.45) is 0 Å². The summed E-state index contributed by atoms with van der Waals surface area (Å²) < 4.78 is 2.06. The average molecular weight is 209 g/mol. The third-order valence-electron chi connectivity index (χ3n) is 2.66. The summed E-state index contributed by atoms with van der Waals surface area (Å²) in [6, 6.07) is 16.1. The molecule has 1 aromatic carbocycles. The molecule has 0 saturated heterocycles. The Kier molecular flexibility index (Phi) is 1.96. The molecule has 2 heterocycles. The molecule has 0 bridgehead atoms. The molecular formula is C13H11N3. The van der Waals surface area contributed by atoms with Gasteiger partial charge in [0.15, 0.2) is 11.5 Å². The minimum Gasteiger partial charge on any atom is -0.280 e. The second-order valence-corrected chi connectivity index (χ2v) is 3.75. The lowest BCUT2D eigenvalue weighted by molar-refractivity contribution is 1.08. The van der Waals surface area contributed by atoms with E-state index in [1.807, 2.05) is 42.5 Å². The Morgan fingerprint density at radius 3 is 2.50 bits per heavy atom. The molecule has 3 heteroatoms. The Hall–Kier alpha value is -2.16. The van der Waals surface area contributed by atoms with Gasteiger partial charge in [-0.05, 0) is 19.1 Å². The highest BCUT2D eigenvalue weighted by molar-refractivity contribution is 5.59. The van der Waals surface area contributed by atoms with Gasteiger partial charge in [0.1, 0.15) is 0 Å². The summed E-state index contributed by atoms with van der Waals surface area (Å²) in [6.45, 7) is 2.06. The quantitative estimate of drug-likeness (QED) is 0.616. The number of benzene rings is 1. The van der Waals surface area contributed by atoms with Crippen LogP contribution in [0.2, 0.25) is 0 Å². The maximum atomic E-state index is 4.24. The van der Waals surface area contributed by atoms with Gasteiger partial charge in [-0.25, -0.2) is 0 Å². The highest BCUT2D eigenvalue weighted by Gasteiger charge is 2.08.